The van der Waals surface area contributed by atoms with Gasteiger partial charge in [-0.3, -0.25) is 4.79 Å². The van der Waals surface area contributed by atoms with Gasteiger partial charge < -0.3 is 4.90 Å². The highest BCUT2D eigenvalue weighted by Crippen LogP contribution is 2.30. The average molecular weight is 273 g/mol. The van der Waals surface area contributed by atoms with Gasteiger partial charge in [-0.2, -0.15) is 13.2 Å². The minimum absolute atomic E-state index is 0.0650. The van der Waals surface area contributed by atoms with Crippen molar-refractivity contribution in [3.63, 3.8) is 0 Å². The van der Waals surface area contributed by atoms with Gasteiger partial charge in [-0.15, -0.1) is 0 Å². The maximum Gasteiger partial charge on any atom is 0.416 e. The Morgan fingerprint density at radius 3 is 2.00 bits per heavy atom. The van der Waals surface area contributed by atoms with Crippen LogP contribution in [0.3, 0.4) is 0 Å². The number of carbonyl (C=O) groups excluding carboxylic acids is 1. The van der Waals surface area contributed by atoms with Crippen LogP contribution in [0.1, 0.15) is 37.8 Å². The fraction of sp³-hybridized carbons (Fsp3) is 0.500. The van der Waals surface area contributed by atoms with Crippen molar-refractivity contribution in [1.82, 2.24) is 4.90 Å². The third-order valence-corrected chi connectivity index (χ3v) is 3.18. The highest BCUT2D eigenvalue weighted by molar-refractivity contribution is 5.83. The Kier molecular flexibility index (Phi) is 4.97. The van der Waals surface area contributed by atoms with Gasteiger partial charge in [0.1, 0.15) is 0 Å². The third kappa shape index (κ3) is 3.72. The van der Waals surface area contributed by atoms with E-state index in [-0.39, 0.29) is 5.91 Å². The monoisotopic (exact) mass is 273 g/mol. The lowest BCUT2D eigenvalue weighted by Crippen LogP contribution is -2.33. The second kappa shape index (κ2) is 6.08. The molecule has 0 bridgehead atoms. The highest BCUT2D eigenvalue weighted by Gasteiger charge is 2.30. The smallest absolute Gasteiger partial charge is 0.343 e. The van der Waals surface area contributed by atoms with E-state index in [1.54, 1.807) is 11.8 Å². The number of nitrogens with zero attached hydrogens (tertiary/aromatic N) is 1. The van der Waals surface area contributed by atoms with Crippen molar-refractivity contribution in [1.29, 1.82) is 0 Å². The first-order chi connectivity index (χ1) is 8.81. The van der Waals surface area contributed by atoms with Gasteiger partial charge in [0.2, 0.25) is 5.91 Å². The van der Waals surface area contributed by atoms with Crippen LogP contribution in [0.25, 0.3) is 0 Å². The third-order valence-electron chi connectivity index (χ3n) is 3.18. The van der Waals surface area contributed by atoms with Crippen LogP contribution in [0.2, 0.25) is 0 Å². The molecule has 2 nitrogen and oxygen atoms in total. The molecule has 5 heteroatoms. The molecule has 1 amide bonds. The molecular weight excluding hydrogens is 255 g/mol. The summed E-state index contributed by atoms with van der Waals surface area (Å²) in [6.45, 7) is 6.66. The van der Waals surface area contributed by atoms with E-state index in [4.69, 9.17) is 0 Å². The Morgan fingerprint density at radius 1 is 1.16 bits per heavy atom. The SMILES string of the molecule is CCN(CC)C(=O)C(C)c1ccc(C(F)(F)F)cc1. The summed E-state index contributed by atoms with van der Waals surface area (Å²) in [6, 6.07) is 4.77. The second-order valence-electron chi connectivity index (χ2n) is 4.35. The average Bonchev–Trinajstić information content (AvgIpc) is 2.38. The van der Waals surface area contributed by atoms with Crippen molar-refractivity contribution < 1.29 is 18.0 Å². The lowest BCUT2D eigenvalue weighted by atomic mass is 9.98. The number of likely N-dealkylation sites (N-methyl/N-ethyl adjacent to an activating group) is 1. The predicted molar refractivity (Wildman–Crippen MR) is 67.8 cm³/mol. The van der Waals surface area contributed by atoms with Gasteiger partial charge in [-0.25, -0.2) is 0 Å². The number of amides is 1. The van der Waals surface area contributed by atoms with Gasteiger partial charge in [-0.05, 0) is 38.5 Å². The standard InChI is InChI=1S/C14H18F3NO/c1-4-18(5-2)13(19)10(3)11-6-8-12(9-7-11)14(15,16)17/h6-10H,4-5H2,1-3H3. The minimum Gasteiger partial charge on any atom is -0.343 e. The number of rotatable bonds is 4. The summed E-state index contributed by atoms with van der Waals surface area (Å²) in [7, 11) is 0. The number of alkyl halides is 3. The lowest BCUT2D eigenvalue weighted by molar-refractivity contribution is -0.137. The summed E-state index contributed by atoms with van der Waals surface area (Å²) in [4.78, 5) is 13.8. The first kappa shape index (κ1) is 15.5. The molecule has 0 saturated heterocycles. The normalized spacial score (nSPS) is 13.2. The Bertz CT molecular complexity index is 421. The van der Waals surface area contributed by atoms with Gasteiger partial charge >= 0.3 is 6.18 Å². The number of halogens is 3. The van der Waals surface area contributed by atoms with E-state index in [0.717, 1.165) is 12.1 Å². The quantitative estimate of drug-likeness (QED) is 0.819. The molecule has 0 aliphatic heterocycles. The summed E-state index contributed by atoms with van der Waals surface area (Å²) in [5.41, 5.74) is -0.0939. The van der Waals surface area contributed by atoms with E-state index >= 15 is 0 Å². The fourth-order valence-corrected chi connectivity index (χ4v) is 1.91. The first-order valence-corrected chi connectivity index (χ1v) is 6.27. The molecule has 0 spiro atoms. The van der Waals surface area contributed by atoms with Crippen molar-refractivity contribution in [3.8, 4) is 0 Å². The molecule has 0 fully saturated rings. The van der Waals surface area contributed by atoms with Crippen molar-refractivity contribution in [2.75, 3.05) is 13.1 Å². The van der Waals surface area contributed by atoms with Gasteiger partial charge in [0.25, 0.3) is 0 Å². The Labute approximate surface area is 111 Å². The lowest BCUT2D eigenvalue weighted by Gasteiger charge is -2.23. The van der Waals surface area contributed by atoms with Crippen LogP contribution in [0.15, 0.2) is 24.3 Å². The summed E-state index contributed by atoms with van der Waals surface area (Å²) >= 11 is 0. The maximum atomic E-state index is 12.4. The molecule has 0 aliphatic rings. The van der Waals surface area contributed by atoms with E-state index in [1.165, 1.54) is 12.1 Å². The molecule has 19 heavy (non-hydrogen) atoms. The van der Waals surface area contributed by atoms with E-state index in [1.807, 2.05) is 13.8 Å². The zero-order valence-electron chi connectivity index (χ0n) is 11.3. The summed E-state index contributed by atoms with van der Waals surface area (Å²) in [5.74, 6) is -0.494. The van der Waals surface area contributed by atoms with Gasteiger partial charge in [0.15, 0.2) is 0 Å². The predicted octanol–water partition coefficient (Wildman–Crippen LogP) is 3.68. The van der Waals surface area contributed by atoms with Crippen molar-refractivity contribution in [3.05, 3.63) is 35.4 Å². The number of hydrogen-bond donors (Lipinski definition) is 0. The van der Waals surface area contributed by atoms with Crippen molar-refractivity contribution in [2.45, 2.75) is 32.9 Å². The van der Waals surface area contributed by atoms with E-state index < -0.39 is 17.7 Å². The van der Waals surface area contributed by atoms with Crippen molar-refractivity contribution >= 4 is 5.91 Å². The molecular formula is C14H18F3NO. The van der Waals surface area contributed by atoms with E-state index in [2.05, 4.69) is 0 Å². The number of hydrogen-bond acceptors (Lipinski definition) is 1. The molecule has 0 N–H and O–H groups in total. The second-order valence-corrected chi connectivity index (χ2v) is 4.35. The molecule has 1 aromatic rings. The van der Waals surface area contributed by atoms with Crippen LogP contribution < -0.4 is 0 Å². The zero-order valence-corrected chi connectivity index (χ0v) is 11.3. The van der Waals surface area contributed by atoms with Gasteiger partial charge in [0.05, 0.1) is 11.5 Å². The zero-order chi connectivity index (χ0) is 14.6. The molecule has 0 radical (unpaired) electrons. The van der Waals surface area contributed by atoms with Crippen LogP contribution >= 0.6 is 0 Å². The topological polar surface area (TPSA) is 20.3 Å². The fourth-order valence-electron chi connectivity index (χ4n) is 1.91. The Morgan fingerprint density at radius 2 is 1.63 bits per heavy atom. The highest BCUT2D eigenvalue weighted by atomic mass is 19.4. The first-order valence-electron chi connectivity index (χ1n) is 6.27. The van der Waals surface area contributed by atoms with Gasteiger partial charge in [-0.1, -0.05) is 12.1 Å². The Balaban J connectivity index is 2.89. The molecule has 1 rings (SSSR count). The number of benzene rings is 1. The van der Waals surface area contributed by atoms with Crippen LogP contribution in [0.4, 0.5) is 13.2 Å². The van der Waals surface area contributed by atoms with Crippen molar-refractivity contribution in [2.24, 2.45) is 0 Å². The summed E-state index contributed by atoms with van der Waals surface area (Å²) < 4.78 is 37.3. The largest absolute Gasteiger partial charge is 0.416 e. The summed E-state index contributed by atoms with van der Waals surface area (Å²) in [5, 5.41) is 0. The van der Waals surface area contributed by atoms with Crippen LogP contribution in [-0.2, 0) is 11.0 Å². The van der Waals surface area contributed by atoms with Crippen LogP contribution in [0.5, 0.6) is 0 Å². The molecule has 0 heterocycles. The van der Waals surface area contributed by atoms with Crippen LogP contribution in [0, 0.1) is 0 Å². The summed E-state index contributed by atoms with van der Waals surface area (Å²) in [6.07, 6.45) is -4.34. The molecule has 0 saturated carbocycles. The molecule has 0 aliphatic carbocycles. The van der Waals surface area contributed by atoms with Crippen LogP contribution in [-0.4, -0.2) is 23.9 Å². The molecule has 0 aromatic heterocycles. The van der Waals surface area contributed by atoms with E-state index in [9.17, 15) is 18.0 Å². The van der Waals surface area contributed by atoms with Gasteiger partial charge in [0, 0.05) is 13.1 Å². The number of carbonyl (C=O) groups is 1. The molecule has 1 unspecified atom stereocenters. The maximum absolute atomic E-state index is 12.4. The minimum atomic E-state index is -4.34. The van der Waals surface area contributed by atoms with E-state index in [0.29, 0.717) is 18.7 Å². The Hall–Kier alpha value is -1.52. The molecule has 1 atom stereocenters. The molecule has 1 aromatic carbocycles. The molecule has 106 valence electrons.